The summed E-state index contributed by atoms with van der Waals surface area (Å²) >= 11 is 1.41. The van der Waals surface area contributed by atoms with Gasteiger partial charge in [0, 0.05) is 0 Å². The van der Waals surface area contributed by atoms with Crippen LogP contribution in [0.15, 0.2) is 29.2 Å². The first-order valence-corrected chi connectivity index (χ1v) is 21.8. The van der Waals surface area contributed by atoms with E-state index in [1.807, 2.05) is 4.44 Å². The van der Waals surface area contributed by atoms with Gasteiger partial charge in [0.1, 0.15) is 0 Å². The second-order valence-electron chi connectivity index (χ2n) is 14.8. The molecular weight excluding hydrogens is 626 g/mol. The number of hydrogen-bond donors (Lipinski definition) is 0. The molecule has 0 amide bonds. The van der Waals surface area contributed by atoms with Crippen LogP contribution in [-0.2, 0) is 0 Å². The second kappa shape index (κ2) is 16.9. The normalized spacial score (nSPS) is 34.5. The van der Waals surface area contributed by atoms with Crippen molar-refractivity contribution in [3.05, 3.63) is 42.5 Å². The molecule has 0 radical (unpaired) electrons. The Hall–Kier alpha value is -0.00104. The molecule has 0 aromatic carbocycles. The van der Waals surface area contributed by atoms with Crippen molar-refractivity contribution in [1.82, 2.24) is 0 Å². The van der Waals surface area contributed by atoms with E-state index in [2.05, 4.69) is 50.0 Å². The van der Waals surface area contributed by atoms with E-state index in [1.165, 1.54) is 103 Å². The third-order valence-corrected chi connectivity index (χ3v) is 16.8. The van der Waals surface area contributed by atoms with E-state index >= 15 is 0 Å². The van der Waals surface area contributed by atoms with Crippen LogP contribution in [0.25, 0.3) is 0 Å². The average molecular weight is 689 g/mol. The average Bonchev–Trinajstić information content (AvgIpc) is 3.72. The van der Waals surface area contributed by atoms with Gasteiger partial charge in [-0.25, -0.2) is 0 Å². The van der Waals surface area contributed by atoms with Gasteiger partial charge in [-0.3, -0.25) is 0 Å². The maximum absolute atomic E-state index is 2.45. The van der Waals surface area contributed by atoms with Crippen molar-refractivity contribution in [2.45, 2.75) is 161 Å². The van der Waals surface area contributed by atoms with E-state index in [0.717, 1.165) is 47.3 Å². The summed E-state index contributed by atoms with van der Waals surface area (Å²) in [5.41, 5.74) is 0. The molecule has 0 unspecified atom stereocenters. The summed E-state index contributed by atoms with van der Waals surface area (Å²) in [7, 11) is 0. The van der Waals surface area contributed by atoms with Crippen LogP contribution in [0, 0.1) is 42.4 Å². The zero-order valence-corrected chi connectivity index (χ0v) is 30.4. The molecule has 6 rings (SSSR count). The van der Waals surface area contributed by atoms with Crippen molar-refractivity contribution in [2.75, 3.05) is 0 Å². The molecule has 4 saturated carbocycles. The molecule has 2 heterocycles. The van der Waals surface area contributed by atoms with Crippen LogP contribution < -0.4 is 0 Å². The molecule has 0 aliphatic heterocycles. The van der Waals surface area contributed by atoms with E-state index in [0.29, 0.717) is 29.0 Å². The molecule has 0 bridgehead atoms. The second-order valence-corrected chi connectivity index (χ2v) is 19.6. The van der Waals surface area contributed by atoms with E-state index in [1.54, 1.807) is 34.6 Å². The minimum absolute atomic E-state index is 0.704. The van der Waals surface area contributed by atoms with E-state index in [9.17, 15) is 0 Å². The summed E-state index contributed by atoms with van der Waals surface area (Å²) in [6, 6.07) is 9.53. The molecule has 0 N–H and O–H groups in total. The SMILES string of the molecule is CCCC1CCC(C2CCC(c3ccc(C)[se]3)CC2)CC1.CCCC1CCC(C2CCC(c3ccc[se]3)CC2)CC1. The van der Waals surface area contributed by atoms with Crippen LogP contribution in [0.5, 0.6) is 0 Å². The quantitative estimate of drug-likeness (QED) is 0.242. The minimum atomic E-state index is 0.704. The first-order chi connectivity index (χ1) is 20.1. The van der Waals surface area contributed by atoms with E-state index in [-0.39, 0.29) is 0 Å². The molecule has 0 saturated heterocycles. The summed E-state index contributed by atoms with van der Waals surface area (Å²) in [6.07, 6.45) is 30.2. The third kappa shape index (κ3) is 9.49. The molecule has 2 aromatic rings. The van der Waals surface area contributed by atoms with Crippen LogP contribution >= 0.6 is 0 Å². The van der Waals surface area contributed by atoms with Gasteiger partial charge in [-0.2, -0.15) is 0 Å². The van der Waals surface area contributed by atoms with Crippen molar-refractivity contribution in [2.24, 2.45) is 35.5 Å². The molecule has 0 spiro atoms. The maximum atomic E-state index is 2.45. The molecule has 4 aliphatic carbocycles. The van der Waals surface area contributed by atoms with E-state index in [4.69, 9.17) is 0 Å². The van der Waals surface area contributed by atoms with Gasteiger partial charge in [-0.1, -0.05) is 0 Å². The predicted octanol–water partition coefficient (Wildman–Crippen LogP) is 11.6. The number of rotatable bonds is 8. The summed E-state index contributed by atoms with van der Waals surface area (Å²) in [4.78, 5) is 2.39. The zero-order chi connectivity index (χ0) is 28.4. The Bertz CT molecular complexity index is 940. The molecule has 230 valence electrons. The van der Waals surface area contributed by atoms with Gasteiger partial charge in [-0.05, 0) is 0 Å². The fraction of sp³-hybridized carbons (Fsp3) is 0.795. The Labute approximate surface area is 266 Å². The topological polar surface area (TPSA) is 0 Å². The Balaban J connectivity index is 0.000000165. The van der Waals surface area contributed by atoms with Gasteiger partial charge < -0.3 is 0 Å². The Kier molecular flexibility index (Phi) is 13.4. The Morgan fingerprint density at radius 2 is 0.976 bits per heavy atom. The molecule has 4 fully saturated rings. The molecule has 4 aliphatic rings. The van der Waals surface area contributed by atoms with E-state index < -0.39 is 0 Å². The Morgan fingerprint density at radius 1 is 0.537 bits per heavy atom. The van der Waals surface area contributed by atoms with Crippen molar-refractivity contribution in [3.63, 3.8) is 0 Å². The summed E-state index contributed by atoms with van der Waals surface area (Å²) in [5.74, 6) is 8.38. The van der Waals surface area contributed by atoms with Crippen molar-refractivity contribution in [3.8, 4) is 0 Å². The van der Waals surface area contributed by atoms with Crippen LogP contribution in [-0.4, -0.2) is 29.0 Å². The van der Waals surface area contributed by atoms with Gasteiger partial charge in [0.2, 0.25) is 0 Å². The number of aryl methyl sites for hydroxylation is 1. The first kappa shape index (κ1) is 32.4. The summed E-state index contributed by atoms with van der Waals surface area (Å²) < 4.78 is 5.24. The summed E-state index contributed by atoms with van der Waals surface area (Å²) in [6.45, 7) is 7.01. The number of hydrogen-bond acceptors (Lipinski definition) is 0. The first-order valence-electron chi connectivity index (χ1n) is 18.2. The molecule has 0 nitrogen and oxygen atoms in total. The fourth-order valence-corrected chi connectivity index (χ4v) is 13.7. The van der Waals surface area contributed by atoms with Crippen molar-refractivity contribution < 1.29 is 0 Å². The third-order valence-electron chi connectivity index (χ3n) is 12.2. The van der Waals surface area contributed by atoms with Gasteiger partial charge in [0.05, 0.1) is 0 Å². The Morgan fingerprint density at radius 3 is 1.34 bits per heavy atom. The summed E-state index contributed by atoms with van der Waals surface area (Å²) in [5, 5.41) is 0. The van der Waals surface area contributed by atoms with Gasteiger partial charge in [-0.15, -0.1) is 0 Å². The molecule has 2 aromatic heterocycles. The predicted molar refractivity (Wildman–Crippen MR) is 182 cm³/mol. The molecule has 0 atom stereocenters. The van der Waals surface area contributed by atoms with Gasteiger partial charge >= 0.3 is 268 Å². The standard InChI is InChI=1S/C20H32Se.C19H30Se/c1-3-4-16-6-8-17(9-7-16)18-10-12-19(13-11-18)20-14-5-15(2)21-20;1-2-4-15-6-8-16(9-7-15)17-10-12-18(13-11-17)19-5-3-14-20-19/h5,14,16-19H,3-4,6-13H2,1-2H3;3,5,14-18H,2,4,6-13H2,1H3. The fourth-order valence-electron chi connectivity index (χ4n) is 9.66. The molecular formula is C39H62Se2. The molecule has 2 heteroatoms. The van der Waals surface area contributed by atoms with Crippen LogP contribution in [0.3, 0.4) is 0 Å². The van der Waals surface area contributed by atoms with Crippen molar-refractivity contribution in [1.29, 1.82) is 0 Å². The van der Waals surface area contributed by atoms with Crippen LogP contribution in [0.2, 0.25) is 0 Å². The molecule has 41 heavy (non-hydrogen) atoms. The van der Waals surface area contributed by atoms with Crippen LogP contribution in [0.1, 0.15) is 167 Å². The monoisotopic (exact) mass is 690 g/mol. The van der Waals surface area contributed by atoms with Crippen LogP contribution in [0.4, 0.5) is 0 Å². The van der Waals surface area contributed by atoms with Gasteiger partial charge in [0.15, 0.2) is 0 Å². The van der Waals surface area contributed by atoms with Crippen molar-refractivity contribution >= 4 is 29.0 Å². The zero-order valence-electron chi connectivity index (χ0n) is 27.0. The van der Waals surface area contributed by atoms with Gasteiger partial charge in [0.25, 0.3) is 0 Å².